The van der Waals surface area contributed by atoms with Gasteiger partial charge in [-0.2, -0.15) is 0 Å². The van der Waals surface area contributed by atoms with Crippen molar-refractivity contribution in [1.82, 2.24) is 0 Å². The number of methoxy groups -OCH3 is 2. The van der Waals surface area contributed by atoms with Crippen LogP contribution in [0.1, 0.15) is 5.56 Å². The minimum atomic E-state index is 0.149. The molecule has 0 fully saturated rings. The molecule has 0 saturated heterocycles. The summed E-state index contributed by atoms with van der Waals surface area (Å²) in [4.78, 5) is 2.61. The predicted octanol–water partition coefficient (Wildman–Crippen LogP) is 2.37. The molecule has 0 aliphatic carbocycles. The second kappa shape index (κ2) is 6.23. The van der Waals surface area contributed by atoms with E-state index in [0.717, 1.165) is 5.56 Å². The van der Waals surface area contributed by atoms with Crippen LogP contribution < -0.4 is 9.47 Å². The van der Waals surface area contributed by atoms with E-state index in [4.69, 9.17) is 15.0 Å². The van der Waals surface area contributed by atoms with E-state index in [1.807, 2.05) is 0 Å². The first-order valence-corrected chi connectivity index (χ1v) is 4.53. The van der Waals surface area contributed by atoms with Crippen molar-refractivity contribution in [2.75, 3.05) is 20.8 Å². The molecule has 0 saturated carbocycles. The van der Waals surface area contributed by atoms with E-state index in [9.17, 15) is 0 Å². The molecule has 1 rings (SSSR count). The van der Waals surface area contributed by atoms with Gasteiger partial charge >= 0.3 is 0 Å². The van der Waals surface area contributed by atoms with Crippen LogP contribution >= 0.6 is 0 Å². The van der Waals surface area contributed by atoms with Gasteiger partial charge in [0.15, 0.2) is 0 Å². The van der Waals surface area contributed by atoms with Crippen molar-refractivity contribution in [2.24, 2.45) is 5.11 Å². The Morgan fingerprint density at radius 3 is 2.38 bits per heavy atom. The Kier molecular flexibility index (Phi) is 4.58. The number of ether oxygens (including phenoxy) is 2. The molecule has 82 valence electrons. The van der Waals surface area contributed by atoms with E-state index in [-0.39, 0.29) is 6.54 Å². The van der Waals surface area contributed by atoms with Crippen molar-refractivity contribution < 1.29 is 9.47 Å². The fraction of sp³-hybridized carbons (Fsp3) is 0.273. The number of hydrogen-bond donors (Lipinski definition) is 0. The second-order valence-corrected chi connectivity index (χ2v) is 2.79. The van der Waals surface area contributed by atoms with Crippen LogP contribution in [0, 0.1) is 11.8 Å². The molecule has 0 radical (unpaired) electrons. The molecule has 0 atom stereocenters. The molecule has 0 aliphatic rings. The number of benzene rings is 1. The SMILES string of the molecule is COc1cc(C#CCN=[N+]=[N-])cc(OC)c1. The number of azide groups is 1. The maximum absolute atomic E-state index is 8.08. The smallest absolute Gasteiger partial charge is 0.123 e. The molecular weight excluding hydrogens is 206 g/mol. The minimum Gasteiger partial charge on any atom is -0.497 e. The van der Waals surface area contributed by atoms with Crippen LogP contribution in [0.15, 0.2) is 23.3 Å². The molecule has 5 heteroatoms. The Morgan fingerprint density at radius 2 is 1.88 bits per heavy atom. The first-order chi connectivity index (χ1) is 7.80. The van der Waals surface area contributed by atoms with Crippen molar-refractivity contribution in [3.63, 3.8) is 0 Å². The van der Waals surface area contributed by atoms with Crippen LogP contribution in [0.5, 0.6) is 11.5 Å². The summed E-state index contributed by atoms with van der Waals surface area (Å²) in [6.45, 7) is 0.149. The van der Waals surface area contributed by atoms with Gasteiger partial charge in [-0.15, -0.1) is 0 Å². The summed E-state index contributed by atoms with van der Waals surface area (Å²) >= 11 is 0. The Hall–Kier alpha value is -2.31. The Morgan fingerprint density at radius 1 is 1.25 bits per heavy atom. The average Bonchev–Trinajstić information content (AvgIpc) is 2.34. The Labute approximate surface area is 93.6 Å². The highest BCUT2D eigenvalue weighted by Crippen LogP contribution is 2.21. The lowest BCUT2D eigenvalue weighted by Crippen LogP contribution is -1.88. The van der Waals surface area contributed by atoms with E-state index >= 15 is 0 Å². The second-order valence-electron chi connectivity index (χ2n) is 2.79. The van der Waals surface area contributed by atoms with Crippen molar-refractivity contribution in [3.05, 3.63) is 34.2 Å². The van der Waals surface area contributed by atoms with E-state index in [0.29, 0.717) is 11.5 Å². The van der Waals surface area contributed by atoms with Gasteiger partial charge in [-0.05, 0) is 17.7 Å². The van der Waals surface area contributed by atoms with E-state index < -0.39 is 0 Å². The van der Waals surface area contributed by atoms with Crippen molar-refractivity contribution in [2.45, 2.75) is 0 Å². The van der Waals surface area contributed by atoms with Gasteiger partial charge in [-0.25, -0.2) is 0 Å². The largest absolute Gasteiger partial charge is 0.497 e. The van der Waals surface area contributed by atoms with Crippen LogP contribution in [0.25, 0.3) is 10.4 Å². The molecule has 1 aromatic rings. The number of hydrogen-bond acceptors (Lipinski definition) is 3. The van der Waals surface area contributed by atoms with Gasteiger partial charge in [-0.1, -0.05) is 17.0 Å². The molecule has 1 aromatic carbocycles. The molecule has 16 heavy (non-hydrogen) atoms. The summed E-state index contributed by atoms with van der Waals surface area (Å²) in [5.74, 6) is 6.92. The predicted molar refractivity (Wildman–Crippen MR) is 60.4 cm³/mol. The highest BCUT2D eigenvalue weighted by atomic mass is 16.5. The molecular formula is C11H11N3O2. The van der Waals surface area contributed by atoms with Crippen molar-refractivity contribution >= 4 is 0 Å². The summed E-state index contributed by atoms with van der Waals surface area (Å²) in [5, 5.41) is 3.32. The molecule has 0 amide bonds. The van der Waals surface area contributed by atoms with Gasteiger partial charge in [0.05, 0.1) is 20.8 Å². The van der Waals surface area contributed by atoms with Crippen molar-refractivity contribution in [3.8, 4) is 23.3 Å². The summed E-state index contributed by atoms with van der Waals surface area (Å²) < 4.78 is 10.2. The summed E-state index contributed by atoms with van der Waals surface area (Å²) in [6, 6.07) is 5.33. The topological polar surface area (TPSA) is 67.2 Å². The Balaban J connectivity index is 2.93. The first-order valence-electron chi connectivity index (χ1n) is 4.53. The zero-order valence-corrected chi connectivity index (χ0v) is 9.10. The van der Waals surface area contributed by atoms with Crippen LogP contribution in [0.4, 0.5) is 0 Å². The highest BCUT2D eigenvalue weighted by molar-refractivity contribution is 5.46. The maximum Gasteiger partial charge on any atom is 0.123 e. The van der Waals surface area contributed by atoms with Gasteiger partial charge in [0.25, 0.3) is 0 Å². The highest BCUT2D eigenvalue weighted by Gasteiger charge is 1.98. The van der Waals surface area contributed by atoms with E-state index in [1.54, 1.807) is 32.4 Å². The molecule has 0 bridgehead atoms. The van der Waals surface area contributed by atoms with Gasteiger partial charge in [0.1, 0.15) is 11.5 Å². The van der Waals surface area contributed by atoms with Crippen LogP contribution in [0.2, 0.25) is 0 Å². The third-order valence-corrected chi connectivity index (χ3v) is 1.80. The normalized spacial score (nSPS) is 8.38. The number of nitrogens with zero attached hydrogens (tertiary/aromatic N) is 3. The van der Waals surface area contributed by atoms with Crippen LogP contribution in [-0.4, -0.2) is 20.8 Å². The van der Waals surface area contributed by atoms with Crippen molar-refractivity contribution in [1.29, 1.82) is 0 Å². The maximum atomic E-state index is 8.08. The Bertz CT molecular complexity index is 446. The molecule has 0 aliphatic heterocycles. The third kappa shape index (κ3) is 3.45. The summed E-state index contributed by atoms with van der Waals surface area (Å²) in [5.41, 5.74) is 8.83. The first kappa shape index (κ1) is 11.8. The quantitative estimate of drug-likeness (QED) is 0.337. The zero-order chi connectivity index (χ0) is 11.8. The standard InChI is InChI=1S/C11H11N3O2/c1-15-10-6-9(4-3-5-13-14-12)7-11(8-10)16-2/h6-8H,5H2,1-2H3. The average molecular weight is 217 g/mol. The fourth-order valence-corrected chi connectivity index (χ4v) is 1.09. The third-order valence-electron chi connectivity index (χ3n) is 1.80. The molecule has 0 heterocycles. The molecule has 0 unspecified atom stereocenters. The van der Waals surface area contributed by atoms with Gasteiger partial charge in [0, 0.05) is 16.5 Å². The lowest BCUT2D eigenvalue weighted by molar-refractivity contribution is 0.394. The van der Waals surface area contributed by atoms with Gasteiger partial charge in [0.2, 0.25) is 0 Å². The molecule has 5 nitrogen and oxygen atoms in total. The zero-order valence-electron chi connectivity index (χ0n) is 9.10. The van der Waals surface area contributed by atoms with Gasteiger partial charge in [-0.3, -0.25) is 0 Å². The summed E-state index contributed by atoms with van der Waals surface area (Å²) in [7, 11) is 3.15. The van der Waals surface area contributed by atoms with Crippen LogP contribution in [0.3, 0.4) is 0 Å². The van der Waals surface area contributed by atoms with Crippen LogP contribution in [-0.2, 0) is 0 Å². The summed E-state index contributed by atoms with van der Waals surface area (Å²) in [6.07, 6.45) is 0. The van der Waals surface area contributed by atoms with Gasteiger partial charge < -0.3 is 9.47 Å². The number of rotatable bonds is 3. The van der Waals surface area contributed by atoms with E-state index in [1.165, 1.54) is 0 Å². The fourth-order valence-electron chi connectivity index (χ4n) is 1.09. The minimum absolute atomic E-state index is 0.149. The monoisotopic (exact) mass is 217 g/mol. The molecule has 0 aromatic heterocycles. The lowest BCUT2D eigenvalue weighted by atomic mass is 10.2. The van der Waals surface area contributed by atoms with E-state index in [2.05, 4.69) is 21.9 Å². The molecule has 0 N–H and O–H groups in total. The lowest BCUT2D eigenvalue weighted by Gasteiger charge is -2.04. The molecule has 0 spiro atoms.